The first-order valence-electron chi connectivity index (χ1n) is 7.69. The molecule has 0 bridgehead atoms. The molecule has 0 aromatic carbocycles. The number of aliphatic hydroxyl groups is 1. The smallest absolute Gasteiger partial charge is 0.275 e. The van der Waals surface area contributed by atoms with Crippen LogP contribution in [-0.4, -0.2) is 64.1 Å². The van der Waals surface area contributed by atoms with Gasteiger partial charge in [0.2, 0.25) is 0 Å². The largest absolute Gasteiger partial charge is 0.448 e. The Bertz CT molecular complexity index is 510. The molecule has 1 aliphatic carbocycles. The van der Waals surface area contributed by atoms with E-state index in [0.717, 1.165) is 25.9 Å². The Morgan fingerprint density at radius 3 is 2.76 bits per heavy atom. The molecule has 0 radical (unpaired) electrons. The zero-order valence-corrected chi connectivity index (χ0v) is 12.7. The maximum Gasteiger partial charge on any atom is 0.275 e. The molecule has 1 amide bonds. The molecular formula is C15H23N3O3. The number of aromatic nitrogens is 1. The van der Waals surface area contributed by atoms with Crippen molar-refractivity contribution < 1.29 is 14.3 Å². The molecule has 21 heavy (non-hydrogen) atoms. The number of aryl methyl sites for hydroxylation is 1. The summed E-state index contributed by atoms with van der Waals surface area (Å²) in [5, 5.41) is 10.6. The predicted molar refractivity (Wildman–Crippen MR) is 77.0 cm³/mol. The van der Waals surface area contributed by atoms with Crippen molar-refractivity contribution in [1.29, 1.82) is 0 Å². The second-order valence-corrected chi connectivity index (χ2v) is 6.11. The summed E-state index contributed by atoms with van der Waals surface area (Å²) in [6.45, 7) is 3.84. The number of rotatable bonds is 3. The van der Waals surface area contributed by atoms with Crippen molar-refractivity contribution in [2.24, 2.45) is 0 Å². The van der Waals surface area contributed by atoms with Gasteiger partial charge >= 0.3 is 0 Å². The van der Waals surface area contributed by atoms with Crippen LogP contribution in [-0.2, 0) is 0 Å². The number of oxazole rings is 1. The van der Waals surface area contributed by atoms with Gasteiger partial charge in [0.05, 0.1) is 12.1 Å². The number of hydrogen-bond donors (Lipinski definition) is 1. The van der Waals surface area contributed by atoms with Crippen LogP contribution in [0.15, 0.2) is 10.7 Å². The number of nitrogens with zero attached hydrogens (tertiary/aromatic N) is 3. The molecule has 1 aromatic rings. The summed E-state index contributed by atoms with van der Waals surface area (Å²) in [7, 11) is 1.74. The van der Waals surface area contributed by atoms with Crippen LogP contribution < -0.4 is 0 Å². The molecule has 6 heteroatoms. The highest BCUT2D eigenvalue weighted by Crippen LogP contribution is 2.30. The number of aliphatic hydroxyl groups excluding tert-OH is 1. The van der Waals surface area contributed by atoms with Crippen molar-refractivity contribution in [2.75, 3.05) is 20.1 Å². The first-order valence-corrected chi connectivity index (χ1v) is 7.69. The molecule has 3 atom stereocenters. The van der Waals surface area contributed by atoms with E-state index >= 15 is 0 Å². The summed E-state index contributed by atoms with van der Waals surface area (Å²) in [6.07, 6.45) is 5.10. The van der Waals surface area contributed by atoms with Gasteiger partial charge in [-0.1, -0.05) is 0 Å². The Morgan fingerprint density at radius 2 is 2.14 bits per heavy atom. The highest BCUT2D eigenvalue weighted by atomic mass is 16.3. The Labute approximate surface area is 124 Å². The molecule has 2 aliphatic rings. The zero-order chi connectivity index (χ0) is 15.0. The lowest BCUT2D eigenvalue weighted by molar-refractivity contribution is 0.0293. The van der Waals surface area contributed by atoms with Crippen molar-refractivity contribution >= 4 is 5.91 Å². The molecule has 1 N–H and O–H groups in total. The van der Waals surface area contributed by atoms with Crippen LogP contribution in [0.25, 0.3) is 0 Å². The highest BCUT2D eigenvalue weighted by Gasteiger charge is 2.42. The van der Waals surface area contributed by atoms with Crippen molar-refractivity contribution in [1.82, 2.24) is 14.8 Å². The molecule has 1 aliphatic heterocycles. The van der Waals surface area contributed by atoms with Gasteiger partial charge in [0, 0.05) is 20.0 Å². The van der Waals surface area contributed by atoms with Crippen LogP contribution in [0.1, 0.15) is 42.1 Å². The molecular weight excluding hydrogens is 270 g/mol. The topological polar surface area (TPSA) is 69.8 Å². The van der Waals surface area contributed by atoms with E-state index in [-0.39, 0.29) is 18.0 Å². The zero-order valence-electron chi connectivity index (χ0n) is 12.7. The Balaban J connectivity index is 1.67. The van der Waals surface area contributed by atoms with Crippen molar-refractivity contribution in [2.45, 2.75) is 50.8 Å². The van der Waals surface area contributed by atoms with Gasteiger partial charge in [0.15, 0.2) is 11.6 Å². The van der Waals surface area contributed by atoms with E-state index in [9.17, 15) is 9.90 Å². The van der Waals surface area contributed by atoms with Gasteiger partial charge in [-0.2, -0.15) is 0 Å². The average molecular weight is 293 g/mol. The predicted octanol–water partition coefficient (Wildman–Crippen LogP) is 1.04. The number of carbonyl (C=O) groups is 1. The second kappa shape index (κ2) is 5.77. The fourth-order valence-corrected chi connectivity index (χ4v) is 3.63. The third kappa shape index (κ3) is 2.70. The maximum absolute atomic E-state index is 12.4. The van der Waals surface area contributed by atoms with Crippen LogP contribution >= 0.6 is 0 Å². The summed E-state index contributed by atoms with van der Waals surface area (Å²) in [5.74, 6) is 0.298. The SMILES string of the molecule is Cc1nc(C(=O)N(C)[C@@H]2CC[C@@H](N3CCCC3)[C@@H]2O)co1. The fourth-order valence-electron chi connectivity index (χ4n) is 3.63. The number of likely N-dealkylation sites (N-methyl/N-ethyl adjacent to an activating group) is 1. The second-order valence-electron chi connectivity index (χ2n) is 6.11. The van der Waals surface area contributed by atoms with Crippen LogP contribution in [0.5, 0.6) is 0 Å². The summed E-state index contributed by atoms with van der Waals surface area (Å²) >= 11 is 0. The molecule has 1 aromatic heterocycles. The van der Waals surface area contributed by atoms with Gasteiger partial charge in [-0.25, -0.2) is 4.98 Å². The van der Waals surface area contributed by atoms with Gasteiger partial charge in [0.1, 0.15) is 6.26 Å². The summed E-state index contributed by atoms with van der Waals surface area (Å²) in [4.78, 5) is 20.5. The van der Waals surface area contributed by atoms with E-state index in [1.165, 1.54) is 19.1 Å². The van der Waals surface area contributed by atoms with E-state index in [0.29, 0.717) is 11.6 Å². The first-order chi connectivity index (χ1) is 10.1. The maximum atomic E-state index is 12.4. The van der Waals surface area contributed by atoms with E-state index in [2.05, 4.69) is 9.88 Å². The number of amides is 1. The van der Waals surface area contributed by atoms with Crippen LogP contribution in [0.3, 0.4) is 0 Å². The van der Waals surface area contributed by atoms with Crippen molar-refractivity contribution in [3.05, 3.63) is 17.8 Å². The third-order valence-corrected chi connectivity index (χ3v) is 4.81. The minimum absolute atomic E-state index is 0.139. The molecule has 0 unspecified atom stereocenters. The van der Waals surface area contributed by atoms with Gasteiger partial charge < -0.3 is 14.4 Å². The number of likely N-dealkylation sites (tertiary alicyclic amines) is 1. The molecule has 6 nitrogen and oxygen atoms in total. The Morgan fingerprint density at radius 1 is 1.43 bits per heavy atom. The molecule has 2 heterocycles. The molecule has 1 saturated heterocycles. The summed E-state index contributed by atoms with van der Waals surface area (Å²) < 4.78 is 5.10. The van der Waals surface area contributed by atoms with E-state index in [1.807, 2.05) is 0 Å². The van der Waals surface area contributed by atoms with Gasteiger partial charge in [-0.05, 0) is 38.8 Å². The Kier molecular flexibility index (Phi) is 3.99. The van der Waals surface area contributed by atoms with E-state index in [4.69, 9.17) is 4.42 Å². The molecule has 3 rings (SSSR count). The monoisotopic (exact) mass is 293 g/mol. The average Bonchev–Trinajstić information content (AvgIpc) is 3.17. The fraction of sp³-hybridized carbons (Fsp3) is 0.733. The lowest BCUT2D eigenvalue weighted by atomic mass is 10.1. The van der Waals surface area contributed by atoms with E-state index < -0.39 is 6.10 Å². The quantitative estimate of drug-likeness (QED) is 0.902. The molecule has 1 saturated carbocycles. The third-order valence-electron chi connectivity index (χ3n) is 4.81. The van der Waals surface area contributed by atoms with E-state index in [1.54, 1.807) is 18.9 Å². The number of hydrogen-bond acceptors (Lipinski definition) is 5. The van der Waals surface area contributed by atoms with Crippen molar-refractivity contribution in [3.63, 3.8) is 0 Å². The first kappa shape index (κ1) is 14.5. The molecule has 116 valence electrons. The minimum atomic E-state index is -0.481. The lowest BCUT2D eigenvalue weighted by Gasteiger charge is -2.31. The summed E-state index contributed by atoms with van der Waals surface area (Å²) in [6, 6.07) is 0.0481. The van der Waals surface area contributed by atoms with Crippen LogP contribution in [0, 0.1) is 6.92 Å². The normalized spacial score (nSPS) is 30.0. The Hall–Kier alpha value is -1.40. The standard InChI is InChI=1S/C15H23N3O3/c1-10-16-11(9-21-10)15(20)17(2)12-5-6-13(14(12)19)18-7-3-4-8-18/h9,12-14,19H,3-8H2,1-2H3/t12-,13-,14-/m1/s1. The van der Waals surface area contributed by atoms with Crippen LogP contribution in [0.2, 0.25) is 0 Å². The molecule has 0 spiro atoms. The minimum Gasteiger partial charge on any atom is -0.448 e. The highest BCUT2D eigenvalue weighted by molar-refractivity contribution is 5.92. The number of carbonyl (C=O) groups excluding carboxylic acids is 1. The van der Waals surface area contributed by atoms with Gasteiger partial charge in [-0.15, -0.1) is 0 Å². The molecule has 2 fully saturated rings. The van der Waals surface area contributed by atoms with Crippen molar-refractivity contribution in [3.8, 4) is 0 Å². The van der Waals surface area contributed by atoms with Gasteiger partial charge in [-0.3, -0.25) is 9.69 Å². The lowest BCUT2D eigenvalue weighted by Crippen LogP contribution is -2.48. The van der Waals surface area contributed by atoms with Gasteiger partial charge in [0.25, 0.3) is 5.91 Å². The summed E-state index contributed by atoms with van der Waals surface area (Å²) in [5.41, 5.74) is 0.312. The van der Waals surface area contributed by atoms with Crippen LogP contribution in [0.4, 0.5) is 0 Å².